The summed E-state index contributed by atoms with van der Waals surface area (Å²) in [6, 6.07) is 12.7. The molecule has 4 heterocycles. The van der Waals surface area contributed by atoms with Crippen molar-refractivity contribution in [2.45, 2.75) is 57.7 Å². The Morgan fingerprint density at radius 1 is 1.00 bits per heavy atom. The maximum atomic E-state index is 15.4. The molecule has 0 radical (unpaired) electrons. The number of nitrogens with zero attached hydrogens (tertiary/aromatic N) is 8. The number of piperidine rings is 1. The van der Waals surface area contributed by atoms with Crippen molar-refractivity contribution in [3.8, 4) is 16.9 Å². The van der Waals surface area contributed by atoms with Gasteiger partial charge in [-0.25, -0.2) is 19.9 Å². The topological polar surface area (TPSA) is 145 Å². The second-order valence-corrected chi connectivity index (χ2v) is 14.0. The molecule has 0 amide bonds. The Morgan fingerprint density at radius 2 is 1.73 bits per heavy atom. The molecule has 2 N–H and O–H groups in total. The number of nitrogens with two attached hydrogens (primary N) is 1. The van der Waals surface area contributed by atoms with Crippen LogP contribution < -0.4 is 22.0 Å². The summed E-state index contributed by atoms with van der Waals surface area (Å²) in [4.78, 5) is 44.6. The van der Waals surface area contributed by atoms with Crippen molar-refractivity contribution in [3.63, 3.8) is 0 Å². The first kappa shape index (κ1) is 36.4. The van der Waals surface area contributed by atoms with Crippen molar-refractivity contribution in [2.75, 3.05) is 24.6 Å². The van der Waals surface area contributed by atoms with E-state index in [1.54, 1.807) is 42.6 Å². The zero-order valence-electron chi connectivity index (χ0n) is 29.0. The summed E-state index contributed by atoms with van der Waals surface area (Å²) in [7, 11) is 1.43. The summed E-state index contributed by atoms with van der Waals surface area (Å²) in [6.45, 7) is 5.08. The molecule has 1 fully saturated rings. The third kappa shape index (κ3) is 7.34. The van der Waals surface area contributed by atoms with Gasteiger partial charge in [0.2, 0.25) is 0 Å². The van der Waals surface area contributed by atoms with E-state index in [4.69, 9.17) is 5.84 Å². The van der Waals surface area contributed by atoms with Crippen molar-refractivity contribution in [1.29, 1.82) is 0 Å². The second kappa shape index (κ2) is 14.0. The molecule has 0 aliphatic carbocycles. The molecular weight excluding hydrogens is 682 g/mol. The second-order valence-electron chi connectivity index (χ2n) is 14.0. The zero-order valence-corrected chi connectivity index (χ0v) is 29.0. The Hall–Kier alpha value is -5.35. The Morgan fingerprint density at radius 3 is 2.37 bits per heavy atom. The van der Waals surface area contributed by atoms with Gasteiger partial charge in [0.15, 0.2) is 0 Å². The van der Waals surface area contributed by atoms with Crippen LogP contribution in [0.2, 0.25) is 0 Å². The zero-order chi connectivity index (χ0) is 37.5. The minimum absolute atomic E-state index is 0.0126. The van der Waals surface area contributed by atoms with Gasteiger partial charge >= 0.3 is 6.18 Å². The smallest absolute Gasteiger partial charge is 0.295 e. The number of halogens is 4. The summed E-state index contributed by atoms with van der Waals surface area (Å²) < 4.78 is 56.0. The number of aromatic nitrogens is 5. The fraction of sp³-hybridized carbons (Fsp3) is 0.361. The van der Waals surface area contributed by atoms with Crippen molar-refractivity contribution in [3.05, 3.63) is 109 Å². The number of hydrogen-bond acceptors (Lipinski definition) is 10. The van der Waals surface area contributed by atoms with E-state index in [2.05, 4.69) is 20.4 Å². The first-order valence-electron chi connectivity index (χ1n) is 16.6. The summed E-state index contributed by atoms with van der Waals surface area (Å²) >= 11 is 0. The Labute approximate surface area is 295 Å². The molecule has 6 rings (SSSR count). The van der Waals surface area contributed by atoms with E-state index in [9.17, 15) is 27.7 Å². The molecule has 12 nitrogen and oxygen atoms in total. The number of fused-ring (bicyclic) bond motifs is 1. The van der Waals surface area contributed by atoms with Crippen LogP contribution in [0.5, 0.6) is 0 Å². The number of hydrogen-bond donors (Lipinski definition) is 1. The monoisotopic (exact) mass is 719 g/mol. The van der Waals surface area contributed by atoms with Gasteiger partial charge in [0.1, 0.15) is 23.9 Å². The van der Waals surface area contributed by atoms with Crippen LogP contribution in [0.3, 0.4) is 0 Å². The quantitative estimate of drug-likeness (QED) is 0.0884. The Kier molecular flexibility index (Phi) is 9.81. The highest BCUT2D eigenvalue weighted by atomic mass is 19.4. The summed E-state index contributed by atoms with van der Waals surface area (Å²) in [5.41, 5.74) is 0.859. The SMILES string of the molecule is Cn1nc(-c2cccc(-n3ncc4cc(C(C)(C)C)cc(F)c4c3=O)c2CN=O)cc(N(N)c2ccc(C3CCN(CC(F)(F)F)CC3)cn2)c1=O. The predicted molar refractivity (Wildman–Crippen MR) is 189 cm³/mol. The number of rotatable bonds is 8. The molecule has 16 heteroatoms. The predicted octanol–water partition coefficient (Wildman–Crippen LogP) is 6.00. The van der Waals surface area contributed by atoms with Gasteiger partial charge < -0.3 is 0 Å². The molecule has 0 spiro atoms. The van der Waals surface area contributed by atoms with E-state index in [-0.39, 0.29) is 45.2 Å². The Balaban J connectivity index is 1.34. The van der Waals surface area contributed by atoms with Gasteiger partial charge in [0.25, 0.3) is 11.1 Å². The molecule has 0 bridgehead atoms. The fourth-order valence-electron chi connectivity index (χ4n) is 6.56. The van der Waals surface area contributed by atoms with Crippen LogP contribution in [0.15, 0.2) is 75.7 Å². The highest BCUT2D eigenvalue weighted by Crippen LogP contribution is 2.33. The number of pyridine rings is 1. The summed E-state index contributed by atoms with van der Waals surface area (Å²) in [6.07, 6.45) is -0.161. The average molecular weight is 720 g/mol. The van der Waals surface area contributed by atoms with Gasteiger partial charge in [-0.15, -0.1) is 0 Å². The minimum Gasteiger partial charge on any atom is -0.295 e. The third-order valence-electron chi connectivity index (χ3n) is 9.37. The number of hydrazine groups is 1. The lowest BCUT2D eigenvalue weighted by atomic mass is 9.86. The molecule has 0 saturated carbocycles. The first-order chi connectivity index (χ1) is 24.6. The molecule has 1 saturated heterocycles. The number of benzene rings is 2. The molecule has 3 aromatic heterocycles. The first-order valence-corrected chi connectivity index (χ1v) is 16.6. The molecule has 272 valence electrons. The Bertz CT molecular complexity index is 2260. The van der Waals surface area contributed by atoms with E-state index in [1.807, 2.05) is 20.8 Å². The van der Waals surface area contributed by atoms with Crippen LogP contribution in [-0.4, -0.2) is 55.3 Å². The van der Waals surface area contributed by atoms with Crippen LogP contribution >= 0.6 is 0 Å². The minimum atomic E-state index is -4.24. The van der Waals surface area contributed by atoms with Crippen molar-refractivity contribution >= 4 is 22.3 Å². The number of anilines is 2. The van der Waals surface area contributed by atoms with Gasteiger partial charge in [0.05, 0.1) is 29.5 Å². The van der Waals surface area contributed by atoms with E-state index in [1.165, 1.54) is 30.3 Å². The average Bonchev–Trinajstić information content (AvgIpc) is 3.09. The standard InChI is InChI=1S/C36H37F4N9O3/c1-35(2,3)24-14-23-18-43-49(34(51)32(23)27(37)15-24)29-7-5-6-25(26(29)19-44-52)28-16-30(33(50)46(4)45-28)48(41)31-9-8-22(17-42-31)21-10-12-47(13-11-21)20-36(38,39)40/h5-9,14-18,21H,10-13,19-20,41H2,1-4H3. The van der Waals surface area contributed by atoms with Crippen LogP contribution in [0.4, 0.5) is 29.1 Å². The lowest BCUT2D eigenvalue weighted by Gasteiger charge is -2.32. The number of nitroso groups, excluding NO2 is 1. The van der Waals surface area contributed by atoms with Crippen LogP contribution in [0.1, 0.15) is 56.2 Å². The molecule has 2 aromatic carbocycles. The van der Waals surface area contributed by atoms with Gasteiger partial charge in [-0.05, 0) is 78.7 Å². The van der Waals surface area contributed by atoms with Gasteiger partial charge in [-0.3, -0.25) is 19.5 Å². The summed E-state index contributed by atoms with van der Waals surface area (Å²) in [5.74, 6) is 5.99. The van der Waals surface area contributed by atoms with E-state index in [0.717, 1.165) is 19.9 Å². The lowest BCUT2D eigenvalue weighted by Crippen LogP contribution is -2.39. The highest BCUT2D eigenvalue weighted by molar-refractivity contribution is 5.83. The number of aryl methyl sites for hydroxylation is 1. The molecule has 5 aromatic rings. The van der Waals surface area contributed by atoms with Crippen molar-refractivity contribution < 1.29 is 17.6 Å². The molecule has 52 heavy (non-hydrogen) atoms. The van der Waals surface area contributed by atoms with Gasteiger partial charge in [-0.2, -0.15) is 33.0 Å². The van der Waals surface area contributed by atoms with E-state index < -0.39 is 36.2 Å². The molecule has 1 aliphatic heterocycles. The number of alkyl halides is 3. The van der Waals surface area contributed by atoms with Crippen molar-refractivity contribution in [2.24, 2.45) is 18.1 Å². The molecular formula is C36H37F4N9O3. The fourth-order valence-corrected chi connectivity index (χ4v) is 6.56. The van der Waals surface area contributed by atoms with Crippen LogP contribution in [0, 0.1) is 10.7 Å². The molecule has 0 unspecified atom stereocenters. The maximum Gasteiger partial charge on any atom is 0.401 e. The summed E-state index contributed by atoms with van der Waals surface area (Å²) in [5, 5.41) is 13.1. The van der Waals surface area contributed by atoms with Gasteiger partial charge in [-0.1, -0.05) is 44.1 Å². The third-order valence-corrected chi connectivity index (χ3v) is 9.37. The highest BCUT2D eigenvalue weighted by Gasteiger charge is 2.33. The largest absolute Gasteiger partial charge is 0.401 e. The maximum absolute atomic E-state index is 15.4. The normalized spacial score (nSPS) is 14.6. The van der Waals surface area contributed by atoms with Crippen LogP contribution in [0.25, 0.3) is 27.7 Å². The molecule has 1 aliphatic rings. The van der Waals surface area contributed by atoms with E-state index >= 15 is 4.39 Å². The van der Waals surface area contributed by atoms with Crippen LogP contribution in [-0.2, 0) is 19.0 Å². The van der Waals surface area contributed by atoms with Crippen molar-refractivity contribution in [1.82, 2.24) is 29.4 Å². The van der Waals surface area contributed by atoms with E-state index in [0.29, 0.717) is 42.4 Å². The van der Waals surface area contributed by atoms with Gasteiger partial charge in [0, 0.05) is 29.8 Å². The molecule has 0 atom stereocenters. The number of likely N-dealkylation sites (tertiary alicyclic amines) is 1. The lowest BCUT2D eigenvalue weighted by molar-refractivity contribution is -0.147.